The molecule has 0 aromatic heterocycles. The molecule has 0 heterocycles. The number of hydrogen-bond acceptors (Lipinski definition) is 2. The van der Waals surface area contributed by atoms with Crippen molar-refractivity contribution in [1.82, 2.24) is 0 Å². The van der Waals surface area contributed by atoms with E-state index in [0.717, 1.165) is 43.4 Å². The Bertz CT molecular complexity index is 422. The molecule has 0 spiro atoms. The Balaban J connectivity index is 1.66. The molecule has 4 fully saturated rings. The van der Waals surface area contributed by atoms with Gasteiger partial charge < -0.3 is 10.2 Å². The second-order valence-electron chi connectivity index (χ2n) is 9.31. The fourth-order valence-electron chi connectivity index (χ4n) is 7.27. The van der Waals surface area contributed by atoms with Crippen LogP contribution in [-0.4, -0.2) is 22.4 Å². The second kappa shape index (κ2) is 4.71. The number of rotatable bonds is 0. The molecule has 0 aromatic rings. The third kappa shape index (κ3) is 1.97. The normalized spacial score (nSPS) is 60.0. The zero-order chi connectivity index (χ0) is 14.8. The molecule has 0 unspecified atom stereocenters. The number of hydrogen-bond donors (Lipinski definition) is 2. The number of fused-ring (bicyclic) bond motifs is 5. The predicted molar refractivity (Wildman–Crippen MR) is 83.7 cm³/mol. The SMILES string of the molecule is C[C@@]12CCC[C@H]1[C@@H]1C[C@@H](O)[C@@H]3C[C@@H](O)CC[C@]3(C)[C@H]1CC2. The van der Waals surface area contributed by atoms with Gasteiger partial charge in [0, 0.05) is 0 Å². The topological polar surface area (TPSA) is 40.5 Å². The zero-order valence-electron chi connectivity index (χ0n) is 13.7. The Hall–Kier alpha value is -0.0800. The molecule has 8 atom stereocenters. The molecule has 4 saturated carbocycles. The molecule has 0 aromatic carbocycles. The molecule has 0 aliphatic heterocycles. The highest BCUT2D eigenvalue weighted by molar-refractivity contribution is 5.09. The molecule has 2 nitrogen and oxygen atoms in total. The average molecular weight is 292 g/mol. The summed E-state index contributed by atoms with van der Waals surface area (Å²) in [6.45, 7) is 4.97. The van der Waals surface area contributed by atoms with E-state index >= 15 is 0 Å². The first-order valence-electron chi connectivity index (χ1n) is 9.30. The molecule has 2 heteroatoms. The van der Waals surface area contributed by atoms with Crippen molar-refractivity contribution in [2.45, 2.75) is 83.8 Å². The minimum atomic E-state index is -0.172. The third-order valence-corrected chi connectivity index (χ3v) is 8.43. The molecular formula is C19H32O2. The Morgan fingerprint density at radius 1 is 0.810 bits per heavy atom. The van der Waals surface area contributed by atoms with Crippen molar-refractivity contribution in [3.63, 3.8) is 0 Å². The second-order valence-corrected chi connectivity index (χ2v) is 9.31. The molecule has 0 amide bonds. The summed E-state index contributed by atoms with van der Waals surface area (Å²) < 4.78 is 0. The fraction of sp³-hybridized carbons (Fsp3) is 1.00. The van der Waals surface area contributed by atoms with E-state index in [1.807, 2.05) is 0 Å². The van der Waals surface area contributed by atoms with Crippen LogP contribution < -0.4 is 0 Å². The van der Waals surface area contributed by atoms with Gasteiger partial charge in [-0.25, -0.2) is 0 Å². The highest BCUT2D eigenvalue weighted by atomic mass is 16.3. The van der Waals surface area contributed by atoms with Gasteiger partial charge in [0.25, 0.3) is 0 Å². The molecule has 4 aliphatic rings. The van der Waals surface area contributed by atoms with Crippen LogP contribution >= 0.6 is 0 Å². The quantitative estimate of drug-likeness (QED) is 0.714. The lowest BCUT2D eigenvalue weighted by Gasteiger charge is -2.61. The lowest BCUT2D eigenvalue weighted by molar-refractivity contribution is -0.167. The summed E-state index contributed by atoms with van der Waals surface area (Å²) >= 11 is 0. The van der Waals surface area contributed by atoms with Crippen molar-refractivity contribution < 1.29 is 10.2 Å². The molecule has 2 N–H and O–H groups in total. The summed E-state index contributed by atoms with van der Waals surface area (Å²) in [7, 11) is 0. The molecule has 0 radical (unpaired) electrons. The van der Waals surface area contributed by atoms with Gasteiger partial charge in [0.1, 0.15) is 0 Å². The van der Waals surface area contributed by atoms with Crippen LogP contribution in [0.1, 0.15) is 71.6 Å². The van der Waals surface area contributed by atoms with Gasteiger partial charge in [-0.2, -0.15) is 0 Å². The molecule has 4 aliphatic carbocycles. The van der Waals surface area contributed by atoms with Crippen LogP contribution in [0.3, 0.4) is 0 Å². The van der Waals surface area contributed by atoms with Crippen LogP contribution in [0.25, 0.3) is 0 Å². The predicted octanol–water partition coefficient (Wildman–Crippen LogP) is 3.75. The lowest BCUT2D eigenvalue weighted by Crippen LogP contribution is -2.57. The summed E-state index contributed by atoms with van der Waals surface area (Å²) in [5, 5.41) is 20.9. The van der Waals surface area contributed by atoms with E-state index in [-0.39, 0.29) is 17.6 Å². The van der Waals surface area contributed by atoms with Gasteiger partial charge >= 0.3 is 0 Å². The van der Waals surface area contributed by atoms with Crippen molar-refractivity contribution in [3.05, 3.63) is 0 Å². The van der Waals surface area contributed by atoms with Crippen LogP contribution in [0.2, 0.25) is 0 Å². The van der Waals surface area contributed by atoms with Gasteiger partial charge in [0.15, 0.2) is 0 Å². The summed E-state index contributed by atoms with van der Waals surface area (Å²) in [6.07, 6.45) is 10.6. The average Bonchev–Trinajstić information content (AvgIpc) is 2.83. The maximum absolute atomic E-state index is 10.8. The summed E-state index contributed by atoms with van der Waals surface area (Å²) in [5.74, 6) is 2.75. The molecule has 0 bridgehead atoms. The third-order valence-electron chi connectivity index (χ3n) is 8.43. The smallest absolute Gasteiger partial charge is 0.0577 e. The van der Waals surface area contributed by atoms with Gasteiger partial charge in [-0.3, -0.25) is 0 Å². The summed E-state index contributed by atoms with van der Waals surface area (Å²) in [5.41, 5.74) is 0.851. The van der Waals surface area contributed by atoms with Crippen LogP contribution in [0, 0.1) is 34.5 Å². The van der Waals surface area contributed by atoms with Crippen molar-refractivity contribution in [2.24, 2.45) is 34.5 Å². The monoisotopic (exact) mass is 292 g/mol. The van der Waals surface area contributed by atoms with Gasteiger partial charge in [-0.1, -0.05) is 20.3 Å². The van der Waals surface area contributed by atoms with E-state index in [1.54, 1.807) is 0 Å². The number of aliphatic hydroxyl groups excluding tert-OH is 2. The molecule has 4 rings (SSSR count). The highest BCUT2D eigenvalue weighted by Gasteiger charge is 2.59. The van der Waals surface area contributed by atoms with Crippen LogP contribution in [-0.2, 0) is 0 Å². The fourth-order valence-corrected chi connectivity index (χ4v) is 7.27. The summed E-state index contributed by atoms with van der Waals surface area (Å²) in [4.78, 5) is 0. The van der Waals surface area contributed by atoms with E-state index in [0.29, 0.717) is 11.3 Å². The van der Waals surface area contributed by atoms with Crippen molar-refractivity contribution in [2.75, 3.05) is 0 Å². The number of aliphatic hydroxyl groups is 2. The Kier molecular flexibility index (Phi) is 3.25. The first kappa shape index (κ1) is 14.5. The highest BCUT2D eigenvalue weighted by Crippen LogP contribution is 2.66. The minimum Gasteiger partial charge on any atom is -0.393 e. The largest absolute Gasteiger partial charge is 0.393 e. The first-order valence-corrected chi connectivity index (χ1v) is 9.30. The van der Waals surface area contributed by atoms with Gasteiger partial charge in [0.2, 0.25) is 0 Å². The zero-order valence-corrected chi connectivity index (χ0v) is 13.7. The van der Waals surface area contributed by atoms with E-state index in [1.165, 1.54) is 32.1 Å². The molecular weight excluding hydrogens is 260 g/mol. The first-order chi connectivity index (χ1) is 9.94. The van der Waals surface area contributed by atoms with E-state index in [9.17, 15) is 10.2 Å². The van der Waals surface area contributed by atoms with Crippen LogP contribution in [0.5, 0.6) is 0 Å². The Labute approximate surface area is 129 Å². The van der Waals surface area contributed by atoms with E-state index in [4.69, 9.17) is 0 Å². The van der Waals surface area contributed by atoms with Crippen molar-refractivity contribution in [3.8, 4) is 0 Å². The molecule has 0 saturated heterocycles. The standard InChI is InChI=1S/C19H32O2/c1-18-7-3-4-14(18)13-11-17(21)16-10-12(20)5-9-19(16,2)15(13)6-8-18/h12-17,20-21H,3-11H2,1-2H3/t12-,13-,14-,15-,16-,17+,18-,19+/m0/s1. The van der Waals surface area contributed by atoms with E-state index < -0.39 is 0 Å². The lowest BCUT2D eigenvalue weighted by atomic mass is 9.44. The minimum absolute atomic E-state index is 0.172. The maximum atomic E-state index is 10.8. The Morgan fingerprint density at radius 2 is 1.62 bits per heavy atom. The van der Waals surface area contributed by atoms with Gasteiger partial charge in [-0.15, -0.1) is 0 Å². The van der Waals surface area contributed by atoms with E-state index in [2.05, 4.69) is 13.8 Å². The Morgan fingerprint density at radius 3 is 2.43 bits per heavy atom. The van der Waals surface area contributed by atoms with Crippen molar-refractivity contribution in [1.29, 1.82) is 0 Å². The van der Waals surface area contributed by atoms with Gasteiger partial charge in [-0.05, 0) is 85.9 Å². The van der Waals surface area contributed by atoms with Crippen molar-refractivity contribution >= 4 is 0 Å². The van der Waals surface area contributed by atoms with Crippen LogP contribution in [0.15, 0.2) is 0 Å². The van der Waals surface area contributed by atoms with Gasteiger partial charge in [0.05, 0.1) is 12.2 Å². The molecule has 21 heavy (non-hydrogen) atoms. The van der Waals surface area contributed by atoms with Crippen LogP contribution in [0.4, 0.5) is 0 Å². The molecule has 120 valence electrons. The summed E-state index contributed by atoms with van der Waals surface area (Å²) in [6, 6.07) is 0. The maximum Gasteiger partial charge on any atom is 0.0577 e.